The van der Waals surface area contributed by atoms with E-state index in [2.05, 4.69) is 12.8 Å². The van der Waals surface area contributed by atoms with E-state index in [9.17, 15) is 0 Å². The van der Waals surface area contributed by atoms with Crippen LogP contribution in [0.2, 0.25) is 0 Å². The number of rotatable bonds is 1. The molecule has 1 aromatic carbocycles. The van der Waals surface area contributed by atoms with Crippen LogP contribution in [-0.4, -0.2) is 7.11 Å². The van der Waals surface area contributed by atoms with Crippen molar-refractivity contribution in [2.45, 2.75) is 6.92 Å². The second kappa shape index (κ2) is 5.37. The molecular weight excluding hydrogens is 136 g/mol. The van der Waals surface area contributed by atoms with Gasteiger partial charge in [0.1, 0.15) is 5.75 Å². The molecule has 1 aromatic rings. The molecule has 0 atom stereocenters. The summed E-state index contributed by atoms with van der Waals surface area (Å²) in [6.45, 7) is 2.03. The van der Waals surface area contributed by atoms with E-state index >= 15 is 0 Å². The van der Waals surface area contributed by atoms with Crippen LogP contribution in [0.4, 0.5) is 0 Å². The third-order valence-corrected chi connectivity index (χ3v) is 1.31. The highest BCUT2D eigenvalue weighted by molar-refractivity contribution is 5.31. The molecule has 1 rings (SSSR count). The second-order valence-electron chi connectivity index (χ2n) is 1.97. The predicted molar refractivity (Wildman–Crippen MR) is 47.6 cm³/mol. The lowest BCUT2D eigenvalue weighted by molar-refractivity contribution is 0.411. The lowest BCUT2D eigenvalue weighted by Gasteiger charge is -2.00. The summed E-state index contributed by atoms with van der Waals surface area (Å²) < 4.78 is 5.04. The maximum absolute atomic E-state index is 5.04. The molecule has 11 heavy (non-hydrogen) atoms. The quantitative estimate of drug-likeness (QED) is 0.555. The zero-order valence-corrected chi connectivity index (χ0v) is 6.87. The van der Waals surface area contributed by atoms with E-state index in [0.29, 0.717) is 0 Å². The van der Waals surface area contributed by atoms with Gasteiger partial charge in [0.2, 0.25) is 0 Å². The van der Waals surface area contributed by atoms with Gasteiger partial charge in [-0.25, -0.2) is 0 Å². The smallest absolute Gasteiger partial charge is 0.121 e. The van der Waals surface area contributed by atoms with Gasteiger partial charge in [0.15, 0.2) is 0 Å². The molecule has 0 aliphatic carbocycles. The average Bonchev–Trinajstić information content (AvgIpc) is 2.09. The van der Waals surface area contributed by atoms with Crippen LogP contribution in [0.5, 0.6) is 5.75 Å². The average molecular weight is 148 g/mol. The monoisotopic (exact) mass is 148 g/mol. The van der Waals surface area contributed by atoms with Crippen LogP contribution in [-0.2, 0) is 0 Å². The first kappa shape index (κ1) is 9.58. The maximum atomic E-state index is 5.04. The molecule has 0 amide bonds. The lowest BCUT2D eigenvalue weighted by atomic mass is 10.2. The number of hydrogen-bond acceptors (Lipinski definition) is 1. The number of para-hydroxylation sites is 1. The molecule has 58 valence electrons. The van der Waals surface area contributed by atoms with Crippen LogP contribution in [0.1, 0.15) is 5.56 Å². The fourth-order valence-electron chi connectivity index (χ4n) is 0.785. The van der Waals surface area contributed by atoms with Crippen LogP contribution < -0.4 is 4.74 Å². The number of terminal acetylenes is 1. The molecular formula is C10H12O. The number of aryl methyl sites for hydroxylation is 1. The van der Waals surface area contributed by atoms with Gasteiger partial charge in [0.05, 0.1) is 7.11 Å². The topological polar surface area (TPSA) is 9.23 Å². The number of ether oxygens (including phenoxy) is 1. The summed E-state index contributed by atoms with van der Waals surface area (Å²) in [5.74, 6) is 0.956. The van der Waals surface area contributed by atoms with E-state index in [-0.39, 0.29) is 0 Å². The van der Waals surface area contributed by atoms with Crippen LogP contribution in [0.25, 0.3) is 0 Å². The first-order valence-corrected chi connectivity index (χ1v) is 3.27. The highest BCUT2D eigenvalue weighted by Gasteiger charge is 1.90. The van der Waals surface area contributed by atoms with Crippen molar-refractivity contribution in [1.29, 1.82) is 0 Å². The summed E-state index contributed by atoms with van der Waals surface area (Å²) in [5.41, 5.74) is 1.18. The van der Waals surface area contributed by atoms with Crippen molar-refractivity contribution in [2.75, 3.05) is 7.11 Å². The highest BCUT2D eigenvalue weighted by Crippen LogP contribution is 2.14. The van der Waals surface area contributed by atoms with Crippen molar-refractivity contribution in [3.05, 3.63) is 29.8 Å². The minimum Gasteiger partial charge on any atom is -0.496 e. The van der Waals surface area contributed by atoms with Crippen molar-refractivity contribution in [3.63, 3.8) is 0 Å². The molecule has 0 saturated heterocycles. The molecule has 0 saturated carbocycles. The van der Waals surface area contributed by atoms with Crippen molar-refractivity contribution in [1.82, 2.24) is 0 Å². The van der Waals surface area contributed by atoms with Crippen LogP contribution >= 0.6 is 0 Å². The standard InChI is InChI=1S/C8H10O.C2H2/c1-7-5-3-4-6-8(7)9-2;1-2/h3-6H,1-2H3;1-2H. The largest absolute Gasteiger partial charge is 0.496 e. The Morgan fingerprint density at radius 1 is 1.18 bits per heavy atom. The zero-order valence-electron chi connectivity index (χ0n) is 6.87. The minimum atomic E-state index is 0.956. The Morgan fingerprint density at radius 3 is 2.09 bits per heavy atom. The molecule has 0 unspecified atom stereocenters. The molecule has 0 heterocycles. The summed E-state index contributed by atoms with van der Waals surface area (Å²) >= 11 is 0. The highest BCUT2D eigenvalue weighted by atomic mass is 16.5. The van der Waals surface area contributed by atoms with E-state index in [1.165, 1.54) is 5.56 Å². The summed E-state index contributed by atoms with van der Waals surface area (Å²) in [7, 11) is 1.68. The van der Waals surface area contributed by atoms with Crippen LogP contribution in [0.15, 0.2) is 24.3 Å². The molecule has 0 N–H and O–H groups in total. The fourth-order valence-corrected chi connectivity index (χ4v) is 0.785. The van der Waals surface area contributed by atoms with Crippen molar-refractivity contribution in [3.8, 4) is 18.6 Å². The number of hydrogen-bond donors (Lipinski definition) is 0. The van der Waals surface area contributed by atoms with E-state index < -0.39 is 0 Å². The minimum absolute atomic E-state index is 0.956. The third kappa shape index (κ3) is 2.77. The van der Waals surface area contributed by atoms with Gasteiger partial charge in [0.25, 0.3) is 0 Å². The normalized spacial score (nSPS) is 7.64. The molecule has 0 bridgehead atoms. The number of benzene rings is 1. The van der Waals surface area contributed by atoms with Crippen molar-refractivity contribution >= 4 is 0 Å². The van der Waals surface area contributed by atoms with E-state index in [0.717, 1.165) is 5.75 Å². The van der Waals surface area contributed by atoms with Gasteiger partial charge < -0.3 is 4.74 Å². The first-order chi connectivity index (χ1) is 5.34. The van der Waals surface area contributed by atoms with Gasteiger partial charge >= 0.3 is 0 Å². The van der Waals surface area contributed by atoms with E-state index in [1.54, 1.807) is 7.11 Å². The Kier molecular flexibility index (Phi) is 4.68. The fraction of sp³-hybridized carbons (Fsp3) is 0.200. The first-order valence-electron chi connectivity index (χ1n) is 3.27. The Balaban J connectivity index is 0.000000461. The SMILES string of the molecule is C#C.COc1ccccc1C. The van der Waals surface area contributed by atoms with Crippen molar-refractivity contribution in [2.24, 2.45) is 0 Å². The molecule has 0 aliphatic rings. The summed E-state index contributed by atoms with van der Waals surface area (Å²) in [5, 5.41) is 0. The van der Waals surface area contributed by atoms with Gasteiger partial charge in [-0.3, -0.25) is 0 Å². The Labute approximate surface area is 68.0 Å². The number of methoxy groups -OCH3 is 1. The molecule has 0 radical (unpaired) electrons. The molecule has 0 aliphatic heterocycles. The summed E-state index contributed by atoms with van der Waals surface area (Å²) in [6, 6.07) is 7.94. The molecule has 1 heteroatoms. The molecule has 1 nitrogen and oxygen atoms in total. The van der Waals surface area contributed by atoms with Crippen LogP contribution in [0, 0.1) is 19.8 Å². The van der Waals surface area contributed by atoms with E-state index in [1.807, 2.05) is 31.2 Å². The summed E-state index contributed by atoms with van der Waals surface area (Å²) in [6.07, 6.45) is 8.00. The van der Waals surface area contributed by atoms with Gasteiger partial charge in [-0.1, -0.05) is 18.2 Å². The van der Waals surface area contributed by atoms with Crippen molar-refractivity contribution < 1.29 is 4.74 Å². The third-order valence-electron chi connectivity index (χ3n) is 1.31. The Hall–Kier alpha value is -1.42. The van der Waals surface area contributed by atoms with Gasteiger partial charge in [-0.2, -0.15) is 0 Å². The van der Waals surface area contributed by atoms with Gasteiger partial charge in [0, 0.05) is 0 Å². The second-order valence-corrected chi connectivity index (χ2v) is 1.97. The maximum Gasteiger partial charge on any atom is 0.121 e. The zero-order chi connectivity index (χ0) is 8.69. The van der Waals surface area contributed by atoms with Crippen LogP contribution in [0.3, 0.4) is 0 Å². The predicted octanol–water partition coefficient (Wildman–Crippen LogP) is 2.25. The lowest BCUT2D eigenvalue weighted by Crippen LogP contribution is -1.84. The van der Waals surface area contributed by atoms with Gasteiger partial charge in [-0.15, -0.1) is 12.8 Å². The van der Waals surface area contributed by atoms with E-state index in [4.69, 9.17) is 4.74 Å². The molecule has 0 aromatic heterocycles. The molecule has 0 spiro atoms. The van der Waals surface area contributed by atoms with Gasteiger partial charge in [-0.05, 0) is 18.6 Å². The summed E-state index contributed by atoms with van der Waals surface area (Å²) in [4.78, 5) is 0. The Morgan fingerprint density at radius 2 is 1.73 bits per heavy atom. The Bertz CT molecular complexity index is 225. The molecule has 0 fully saturated rings.